The largest absolute Gasteiger partial charge is 0.494 e. The zero-order valence-corrected chi connectivity index (χ0v) is 20.5. The van der Waals surface area contributed by atoms with Crippen LogP contribution < -0.4 is 19.5 Å². The number of carbonyl (C=O) groups excluding carboxylic acids is 1. The summed E-state index contributed by atoms with van der Waals surface area (Å²) in [5.74, 6) is 2.19. The summed E-state index contributed by atoms with van der Waals surface area (Å²) in [6, 6.07) is 21.5. The van der Waals surface area contributed by atoms with Gasteiger partial charge in [0.15, 0.2) is 11.5 Å². The summed E-state index contributed by atoms with van der Waals surface area (Å²) in [6.07, 6.45) is 1.64. The van der Waals surface area contributed by atoms with Crippen LogP contribution in [0.4, 0.5) is 10.5 Å². The number of aryl methyl sites for hydroxylation is 1. The Hall–Kier alpha value is -3.67. The lowest BCUT2D eigenvalue weighted by Gasteiger charge is -2.24. The predicted octanol–water partition coefficient (Wildman–Crippen LogP) is 5.94. The van der Waals surface area contributed by atoms with Gasteiger partial charge in [0.05, 0.1) is 20.8 Å². The molecule has 0 spiro atoms. The summed E-state index contributed by atoms with van der Waals surface area (Å²) in [5, 5.41) is 3.04. The van der Waals surface area contributed by atoms with E-state index in [1.807, 2.05) is 78.6 Å². The number of methoxy groups -OCH3 is 2. The van der Waals surface area contributed by atoms with Gasteiger partial charge in [-0.05, 0) is 72.9 Å². The van der Waals surface area contributed by atoms with Gasteiger partial charge in [0, 0.05) is 18.8 Å². The van der Waals surface area contributed by atoms with Gasteiger partial charge in [0.25, 0.3) is 0 Å². The van der Waals surface area contributed by atoms with Crippen molar-refractivity contribution in [2.24, 2.45) is 0 Å². The van der Waals surface area contributed by atoms with Crippen LogP contribution in [0.25, 0.3) is 0 Å². The lowest BCUT2D eigenvalue weighted by atomic mass is 10.1. The van der Waals surface area contributed by atoms with Crippen molar-refractivity contribution >= 4 is 11.7 Å². The normalized spacial score (nSPS) is 10.5. The van der Waals surface area contributed by atoms with Crippen LogP contribution >= 0.6 is 0 Å². The number of ether oxygens (including phenoxy) is 3. The van der Waals surface area contributed by atoms with Crippen LogP contribution in [-0.2, 0) is 19.4 Å². The maximum Gasteiger partial charge on any atom is 0.322 e. The summed E-state index contributed by atoms with van der Waals surface area (Å²) in [6.45, 7) is 5.72. The molecule has 0 aliphatic carbocycles. The van der Waals surface area contributed by atoms with E-state index in [0.717, 1.165) is 29.0 Å². The molecule has 3 rings (SSSR count). The lowest BCUT2D eigenvalue weighted by Crippen LogP contribution is -2.36. The van der Waals surface area contributed by atoms with Crippen molar-refractivity contribution in [2.45, 2.75) is 33.2 Å². The fraction of sp³-hybridized carbons (Fsp3) is 0.321. The summed E-state index contributed by atoms with van der Waals surface area (Å²) in [5.41, 5.74) is 4.12. The number of hydrogen-bond acceptors (Lipinski definition) is 4. The van der Waals surface area contributed by atoms with Crippen molar-refractivity contribution in [3.8, 4) is 17.2 Å². The van der Waals surface area contributed by atoms with Crippen molar-refractivity contribution in [2.75, 3.05) is 32.7 Å². The molecule has 6 nitrogen and oxygen atoms in total. The molecular weight excluding hydrogens is 428 g/mol. The van der Waals surface area contributed by atoms with Gasteiger partial charge in [0.1, 0.15) is 5.75 Å². The monoisotopic (exact) mass is 462 g/mol. The van der Waals surface area contributed by atoms with E-state index in [1.54, 1.807) is 14.2 Å². The first-order valence-electron chi connectivity index (χ1n) is 11.6. The Kier molecular flexibility index (Phi) is 9.21. The third-order valence-electron chi connectivity index (χ3n) is 5.63. The Bertz CT molecular complexity index is 1050. The van der Waals surface area contributed by atoms with Crippen LogP contribution in [0.3, 0.4) is 0 Å². The third kappa shape index (κ3) is 6.91. The molecule has 0 aliphatic heterocycles. The van der Waals surface area contributed by atoms with Crippen LogP contribution in [0.2, 0.25) is 0 Å². The Morgan fingerprint density at radius 1 is 0.824 bits per heavy atom. The molecule has 0 saturated heterocycles. The number of rotatable bonds is 11. The molecule has 0 aliphatic rings. The van der Waals surface area contributed by atoms with Crippen LogP contribution in [0.15, 0.2) is 66.7 Å². The number of amides is 2. The topological polar surface area (TPSA) is 60.0 Å². The fourth-order valence-electron chi connectivity index (χ4n) is 3.66. The van der Waals surface area contributed by atoms with E-state index in [0.29, 0.717) is 37.6 Å². The molecule has 3 aromatic carbocycles. The molecule has 0 bridgehead atoms. The average Bonchev–Trinajstić information content (AvgIpc) is 2.87. The second kappa shape index (κ2) is 12.5. The number of anilines is 1. The van der Waals surface area contributed by atoms with Gasteiger partial charge in [-0.1, -0.05) is 37.3 Å². The van der Waals surface area contributed by atoms with E-state index in [2.05, 4.69) is 12.2 Å². The number of hydrogen-bond donors (Lipinski definition) is 1. The van der Waals surface area contributed by atoms with Crippen LogP contribution in [0.5, 0.6) is 17.2 Å². The molecule has 0 unspecified atom stereocenters. The van der Waals surface area contributed by atoms with Crippen molar-refractivity contribution in [3.05, 3.63) is 83.4 Å². The highest BCUT2D eigenvalue weighted by molar-refractivity contribution is 5.89. The molecule has 0 atom stereocenters. The van der Waals surface area contributed by atoms with Gasteiger partial charge in [-0.2, -0.15) is 0 Å². The molecule has 1 N–H and O–H groups in total. The maximum atomic E-state index is 13.2. The van der Waals surface area contributed by atoms with Crippen molar-refractivity contribution in [1.29, 1.82) is 0 Å². The van der Waals surface area contributed by atoms with E-state index in [9.17, 15) is 4.79 Å². The lowest BCUT2D eigenvalue weighted by molar-refractivity contribution is 0.209. The van der Waals surface area contributed by atoms with Crippen molar-refractivity contribution in [1.82, 2.24) is 4.90 Å². The van der Waals surface area contributed by atoms with Crippen LogP contribution in [0.1, 0.15) is 30.5 Å². The highest BCUT2D eigenvalue weighted by Crippen LogP contribution is 2.28. The minimum absolute atomic E-state index is 0.140. The molecule has 0 fully saturated rings. The van der Waals surface area contributed by atoms with Gasteiger partial charge in [-0.3, -0.25) is 0 Å². The molecule has 0 heterocycles. The molecule has 0 saturated carbocycles. The Morgan fingerprint density at radius 3 is 2.09 bits per heavy atom. The molecule has 3 aromatic rings. The van der Waals surface area contributed by atoms with E-state index >= 15 is 0 Å². The number of carbonyl (C=O) groups is 1. The van der Waals surface area contributed by atoms with Gasteiger partial charge in [-0.25, -0.2) is 4.79 Å². The van der Waals surface area contributed by atoms with Crippen LogP contribution in [0, 0.1) is 0 Å². The SMILES string of the molecule is CCOc1ccc(CN(CCc2ccc(OC)c(OC)c2)C(=O)Nc2ccc(CC)cc2)cc1. The zero-order valence-electron chi connectivity index (χ0n) is 20.5. The fourth-order valence-corrected chi connectivity index (χ4v) is 3.66. The van der Waals surface area contributed by atoms with E-state index < -0.39 is 0 Å². The molecule has 6 heteroatoms. The molecular formula is C28H34N2O4. The zero-order chi connectivity index (χ0) is 24.3. The third-order valence-corrected chi connectivity index (χ3v) is 5.63. The highest BCUT2D eigenvalue weighted by Gasteiger charge is 2.15. The molecule has 34 heavy (non-hydrogen) atoms. The molecule has 2 amide bonds. The Labute approximate surface area is 202 Å². The minimum atomic E-state index is -0.140. The first kappa shape index (κ1) is 25.0. The first-order chi connectivity index (χ1) is 16.6. The summed E-state index contributed by atoms with van der Waals surface area (Å²) < 4.78 is 16.3. The summed E-state index contributed by atoms with van der Waals surface area (Å²) in [7, 11) is 3.24. The van der Waals surface area contributed by atoms with E-state index in [-0.39, 0.29) is 6.03 Å². The summed E-state index contributed by atoms with van der Waals surface area (Å²) in [4.78, 5) is 15.1. The van der Waals surface area contributed by atoms with Crippen molar-refractivity contribution in [3.63, 3.8) is 0 Å². The number of urea groups is 1. The highest BCUT2D eigenvalue weighted by atomic mass is 16.5. The minimum Gasteiger partial charge on any atom is -0.494 e. The van der Waals surface area contributed by atoms with Gasteiger partial charge in [0.2, 0.25) is 0 Å². The molecule has 180 valence electrons. The first-order valence-corrected chi connectivity index (χ1v) is 11.6. The van der Waals surface area contributed by atoms with E-state index in [4.69, 9.17) is 14.2 Å². The quantitative estimate of drug-likeness (QED) is 0.383. The number of benzene rings is 3. The molecule has 0 aromatic heterocycles. The smallest absolute Gasteiger partial charge is 0.322 e. The maximum absolute atomic E-state index is 13.2. The second-order valence-electron chi connectivity index (χ2n) is 7.92. The van der Waals surface area contributed by atoms with Gasteiger partial charge < -0.3 is 24.4 Å². The second-order valence-corrected chi connectivity index (χ2v) is 7.92. The van der Waals surface area contributed by atoms with Crippen molar-refractivity contribution < 1.29 is 19.0 Å². The predicted molar refractivity (Wildman–Crippen MR) is 136 cm³/mol. The molecule has 0 radical (unpaired) electrons. The van der Waals surface area contributed by atoms with Gasteiger partial charge >= 0.3 is 6.03 Å². The standard InChI is InChI=1S/C28H34N2O4/c1-5-21-7-12-24(13-8-21)29-28(31)30(20-23-9-14-25(15-10-23)34-6-2)18-17-22-11-16-26(32-3)27(19-22)33-4/h7-16,19H,5-6,17-18,20H2,1-4H3,(H,29,31). The van der Waals surface area contributed by atoms with Crippen LogP contribution in [-0.4, -0.2) is 38.3 Å². The Morgan fingerprint density at radius 2 is 1.47 bits per heavy atom. The average molecular weight is 463 g/mol. The number of nitrogens with zero attached hydrogens (tertiary/aromatic N) is 1. The Balaban J connectivity index is 1.75. The van der Waals surface area contributed by atoms with E-state index in [1.165, 1.54) is 5.56 Å². The van der Waals surface area contributed by atoms with Gasteiger partial charge in [-0.15, -0.1) is 0 Å². The number of nitrogens with one attached hydrogen (secondary N) is 1. The summed E-state index contributed by atoms with van der Waals surface area (Å²) >= 11 is 0.